The summed E-state index contributed by atoms with van der Waals surface area (Å²) in [5, 5.41) is 2.62. The SMILES string of the molecule is CCC(=O)CCC(C)SSC(C)CCC(=O)Nc1cc(COc2cc3c(cc2C)C(=O)N2c4ccccc4C[C@H]2C(S(=O)(=O)OC)C3)cc(COc2cc3c(cc2OC)C(=O)N2c4ccccc4C[C@H]2CC3)c1. The molecule has 4 aliphatic heterocycles. The van der Waals surface area contributed by atoms with Crippen LogP contribution in [0.1, 0.15) is 119 Å². The lowest BCUT2D eigenvalue weighted by Gasteiger charge is -2.28. The Morgan fingerprint density at radius 1 is 0.712 bits per heavy atom. The summed E-state index contributed by atoms with van der Waals surface area (Å²) in [5.74, 6) is 1.22. The maximum absolute atomic E-state index is 14.4. The minimum atomic E-state index is -4.07. The highest BCUT2D eigenvalue weighted by atomic mass is 33.1. The summed E-state index contributed by atoms with van der Waals surface area (Å²) in [7, 11) is 2.14. The number of ketones is 1. The van der Waals surface area contributed by atoms with Crippen LogP contribution in [0.25, 0.3) is 0 Å². The van der Waals surface area contributed by atoms with Gasteiger partial charge in [-0.25, -0.2) is 0 Å². The maximum atomic E-state index is 14.4. The van der Waals surface area contributed by atoms with Gasteiger partial charge in [0.1, 0.15) is 30.0 Å². The van der Waals surface area contributed by atoms with Crippen LogP contribution in [0.2, 0.25) is 0 Å². The van der Waals surface area contributed by atoms with Crippen LogP contribution in [0.3, 0.4) is 0 Å². The van der Waals surface area contributed by atoms with E-state index in [1.165, 1.54) is 5.56 Å². The van der Waals surface area contributed by atoms with Crippen molar-refractivity contribution < 1.29 is 46.0 Å². The molecule has 4 heterocycles. The molecule has 9 rings (SSSR count). The molecule has 0 saturated carbocycles. The number of Topliss-reactive ketones (excluding diaryl/α,β-unsaturated/α-hetero) is 1. The van der Waals surface area contributed by atoms with Crippen molar-refractivity contribution in [1.82, 2.24) is 0 Å². The summed E-state index contributed by atoms with van der Waals surface area (Å²) in [6.45, 7) is 8.17. The number of nitrogens with one attached hydrogen (secondary N) is 1. The van der Waals surface area contributed by atoms with Crippen molar-refractivity contribution in [1.29, 1.82) is 0 Å². The average molecular weight is 1050 g/mol. The summed E-state index contributed by atoms with van der Waals surface area (Å²) in [4.78, 5) is 57.5. The number of rotatable bonds is 20. The molecule has 384 valence electrons. The predicted octanol–water partition coefficient (Wildman–Crippen LogP) is 10.8. The maximum Gasteiger partial charge on any atom is 0.272 e. The summed E-state index contributed by atoms with van der Waals surface area (Å²) < 4.78 is 51.2. The van der Waals surface area contributed by atoms with Gasteiger partial charge in [0.05, 0.1) is 20.3 Å². The zero-order valence-corrected chi connectivity index (χ0v) is 44.7. The topological polar surface area (TPSA) is 158 Å². The summed E-state index contributed by atoms with van der Waals surface area (Å²) in [6, 6.07) is 27.9. The van der Waals surface area contributed by atoms with Crippen molar-refractivity contribution >= 4 is 72.3 Å². The van der Waals surface area contributed by atoms with Crippen molar-refractivity contribution in [2.24, 2.45) is 0 Å². The van der Waals surface area contributed by atoms with Gasteiger partial charge in [-0.1, -0.05) is 78.8 Å². The number of ether oxygens (including phenoxy) is 3. The second kappa shape index (κ2) is 22.3. The van der Waals surface area contributed by atoms with Gasteiger partial charge in [0.25, 0.3) is 21.9 Å². The fourth-order valence-corrected chi connectivity index (χ4v) is 14.3. The smallest absolute Gasteiger partial charge is 0.272 e. The first-order valence-electron chi connectivity index (χ1n) is 25.1. The standard InChI is InChI=1S/C57H63N3O10S3/c1-7-45(61)20-16-35(3)71-72-36(4)17-21-55(62)58-43-24-37(23-38(25-43)33-70-53-28-39-18-19-44-26-40-12-8-10-14-48(40)59(44)56(63)47(39)31-52(53)67-5)32-69-51-29-42-30-54(73(65,66)68-6)50-27-41-13-9-11-15-49(41)60(50)57(64)46(42)22-34(51)2/h8-15,22-25,28-29,31,35-36,44,50,54H,7,16-21,26-27,30,32-33H2,1-6H3,(H,58,62)/t35?,36?,44-,50+,54?/m1/s1. The molecule has 0 aliphatic carbocycles. The molecule has 0 radical (unpaired) electrons. The van der Waals surface area contributed by atoms with E-state index >= 15 is 0 Å². The van der Waals surface area contributed by atoms with Crippen molar-refractivity contribution in [2.45, 2.75) is 133 Å². The number of carbonyl (C=O) groups is 4. The molecule has 0 aromatic heterocycles. The molecule has 16 heteroatoms. The second-order valence-electron chi connectivity index (χ2n) is 19.6. The highest BCUT2D eigenvalue weighted by Gasteiger charge is 2.48. The molecule has 3 amide bonds. The molecule has 0 fully saturated rings. The third-order valence-corrected chi connectivity index (χ3v) is 19.7. The van der Waals surface area contributed by atoms with Crippen molar-refractivity contribution in [3.63, 3.8) is 0 Å². The van der Waals surface area contributed by atoms with Crippen LogP contribution < -0.4 is 29.3 Å². The normalized spacial score (nSPS) is 18.5. The van der Waals surface area contributed by atoms with Gasteiger partial charge in [-0.15, -0.1) is 0 Å². The first-order valence-corrected chi connectivity index (χ1v) is 28.9. The first kappa shape index (κ1) is 52.1. The zero-order chi connectivity index (χ0) is 51.6. The molecule has 13 nitrogen and oxygen atoms in total. The van der Waals surface area contributed by atoms with E-state index in [-0.39, 0.29) is 54.4 Å². The van der Waals surface area contributed by atoms with Crippen LogP contribution in [-0.4, -0.2) is 74.0 Å². The molecule has 5 aromatic rings. The van der Waals surface area contributed by atoms with E-state index in [4.69, 9.17) is 18.4 Å². The van der Waals surface area contributed by atoms with Gasteiger partial charge in [0.2, 0.25) is 5.91 Å². The Morgan fingerprint density at radius 3 is 1.99 bits per heavy atom. The number of carbonyl (C=O) groups excluding carboxylic acids is 4. The quantitative estimate of drug-likeness (QED) is 0.0582. The third kappa shape index (κ3) is 11.3. The van der Waals surface area contributed by atoms with Gasteiger partial charge in [0, 0.05) is 64.0 Å². The fourth-order valence-electron chi connectivity index (χ4n) is 10.5. The number of methoxy groups -OCH3 is 1. The van der Waals surface area contributed by atoms with Crippen LogP contribution in [0, 0.1) is 6.92 Å². The first-order chi connectivity index (χ1) is 35.1. The number of amides is 3. The van der Waals surface area contributed by atoms with Gasteiger partial charge in [-0.2, -0.15) is 8.42 Å². The molecule has 3 unspecified atom stereocenters. The lowest BCUT2D eigenvalue weighted by Crippen LogP contribution is -2.47. The van der Waals surface area contributed by atoms with E-state index in [1.807, 2.05) is 85.5 Å². The van der Waals surface area contributed by atoms with E-state index in [2.05, 4.69) is 25.2 Å². The second-order valence-corrected chi connectivity index (χ2v) is 24.6. The molecule has 1 N–H and O–H groups in total. The number of nitrogens with zero attached hydrogens (tertiary/aromatic N) is 2. The predicted molar refractivity (Wildman–Crippen MR) is 289 cm³/mol. The van der Waals surface area contributed by atoms with Gasteiger partial charge in [-0.3, -0.25) is 23.4 Å². The molecular weight excluding hydrogens is 983 g/mol. The van der Waals surface area contributed by atoms with Crippen molar-refractivity contribution in [3.8, 4) is 17.2 Å². The molecule has 0 saturated heterocycles. The highest BCUT2D eigenvalue weighted by molar-refractivity contribution is 8.77. The largest absolute Gasteiger partial charge is 0.493 e. The lowest BCUT2D eigenvalue weighted by atomic mass is 9.97. The molecule has 4 aliphatic rings. The fraction of sp³-hybridized carbons (Fsp3) is 0.404. The highest BCUT2D eigenvalue weighted by Crippen LogP contribution is 2.43. The van der Waals surface area contributed by atoms with Crippen molar-refractivity contribution in [3.05, 3.63) is 141 Å². The van der Waals surface area contributed by atoms with Gasteiger partial charge in [-0.05, 0) is 145 Å². The van der Waals surface area contributed by atoms with Gasteiger partial charge < -0.3 is 29.3 Å². The van der Waals surface area contributed by atoms with Crippen LogP contribution >= 0.6 is 21.6 Å². The monoisotopic (exact) mass is 1050 g/mol. The Labute approximate surface area is 436 Å². The minimum Gasteiger partial charge on any atom is -0.493 e. The number of aryl methyl sites for hydroxylation is 2. The molecule has 5 atom stereocenters. The third-order valence-electron chi connectivity index (χ3n) is 14.5. The molecule has 0 spiro atoms. The van der Waals surface area contributed by atoms with E-state index in [9.17, 15) is 27.6 Å². The van der Waals surface area contributed by atoms with Crippen molar-refractivity contribution in [2.75, 3.05) is 29.3 Å². The summed E-state index contributed by atoms with van der Waals surface area (Å²) in [5.41, 5.74) is 8.93. The molecule has 5 aromatic carbocycles. The van der Waals surface area contributed by atoms with Crippen LogP contribution in [0.4, 0.5) is 17.1 Å². The van der Waals surface area contributed by atoms with Gasteiger partial charge in [0.15, 0.2) is 11.5 Å². The number of hydrogen-bond acceptors (Lipinski definition) is 12. The molecule has 0 bridgehead atoms. The minimum absolute atomic E-state index is 0.0496. The number of para-hydroxylation sites is 2. The van der Waals surface area contributed by atoms with E-state index in [0.717, 1.165) is 54.3 Å². The molecule has 73 heavy (non-hydrogen) atoms. The van der Waals surface area contributed by atoms with Crippen LogP contribution in [0.5, 0.6) is 17.2 Å². The number of benzene rings is 5. The van der Waals surface area contributed by atoms with E-state index in [1.54, 1.807) is 51.8 Å². The van der Waals surface area contributed by atoms with E-state index < -0.39 is 21.4 Å². The van der Waals surface area contributed by atoms with Gasteiger partial charge >= 0.3 is 0 Å². The average Bonchev–Trinajstić information content (AvgIpc) is 3.89. The summed E-state index contributed by atoms with van der Waals surface area (Å²) in [6.07, 6.45) is 5.68. The Morgan fingerprint density at radius 2 is 1.32 bits per heavy atom. The zero-order valence-electron chi connectivity index (χ0n) is 42.2. The Kier molecular flexibility index (Phi) is 15.9. The Hall–Kier alpha value is -5.81. The molecular formula is C57H63N3O10S3. The van der Waals surface area contributed by atoms with E-state index in [0.29, 0.717) is 94.7 Å². The lowest BCUT2D eigenvalue weighted by molar-refractivity contribution is -0.119. The Bertz CT molecular complexity index is 3050. The Balaban J connectivity index is 0.950. The number of anilines is 3. The summed E-state index contributed by atoms with van der Waals surface area (Å²) >= 11 is 0. The van der Waals surface area contributed by atoms with Crippen LogP contribution in [-0.2, 0) is 62.8 Å². The van der Waals surface area contributed by atoms with Crippen LogP contribution in [0.15, 0.2) is 91.0 Å². The number of fused-ring (bicyclic) bond motifs is 8. The number of hydrogen-bond donors (Lipinski definition) is 1.